The topological polar surface area (TPSA) is 32.3 Å². The summed E-state index contributed by atoms with van der Waals surface area (Å²) in [6, 6.07) is 5.07. The minimum Gasteiger partial charge on any atom is -0.396 e. The molecule has 19 heavy (non-hydrogen) atoms. The van der Waals surface area contributed by atoms with Gasteiger partial charge in [0.2, 0.25) is 0 Å². The number of rotatable bonds is 5. The summed E-state index contributed by atoms with van der Waals surface area (Å²) in [7, 11) is 0. The summed E-state index contributed by atoms with van der Waals surface area (Å²) in [4.78, 5) is 0. The van der Waals surface area contributed by atoms with Crippen LogP contribution in [0.2, 0.25) is 5.02 Å². The maximum atomic E-state index is 13.7. The highest BCUT2D eigenvalue weighted by Crippen LogP contribution is 2.29. The zero-order valence-corrected chi connectivity index (χ0v) is 11.8. The van der Waals surface area contributed by atoms with Gasteiger partial charge in [-0.25, -0.2) is 4.39 Å². The summed E-state index contributed by atoms with van der Waals surface area (Å²) in [6.45, 7) is 1.58. The molecule has 106 valence electrons. The quantitative estimate of drug-likeness (QED) is 0.869. The van der Waals surface area contributed by atoms with Crippen molar-refractivity contribution in [3.05, 3.63) is 34.6 Å². The fraction of sp³-hybridized carbons (Fsp3) is 0.600. The Bertz CT molecular complexity index is 413. The average molecular weight is 286 g/mol. The molecule has 1 fully saturated rings. The fourth-order valence-corrected chi connectivity index (χ4v) is 3.06. The zero-order valence-electron chi connectivity index (χ0n) is 11.0. The predicted octanol–water partition coefficient (Wildman–Crippen LogP) is 3.37. The van der Waals surface area contributed by atoms with Crippen LogP contribution in [-0.4, -0.2) is 18.3 Å². The summed E-state index contributed by atoms with van der Waals surface area (Å²) in [5, 5.41) is 12.8. The Morgan fingerprint density at radius 2 is 2.00 bits per heavy atom. The highest BCUT2D eigenvalue weighted by atomic mass is 35.5. The van der Waals surface area contributed by atoms with E-state index >= 15 is 0 Å². The van der Waals surface area contributed by atoms with Crippen LogP contribution < -0.4 is 5.32 Å². The summed E-state index contributed by atoms with van der Waals surface area (Å²) < 4.78 is 13.7. The number of hydrogen-bond acceptors (Lipinski definition) is 2. The molecule has 2 unspecified atom stereocenters. The van der Waals surface area contributed by atoms with Gasteiger partial charge in [-0.2, -0.15) is 0 Å². The Kier molecular flexibility index (Phi) is 5.61. The molecule has 1 aromatic carbocycles. The van der Waals surface area contributed by atoms with Crippen LogP contribution in [0.4, 0.5) is 4.39 Å². The van der Waals surface area contributed by atoms with Gasteiger partial charge in [0.15, 0.2) is 0 Å². The highest BCUT2D eigenvalue weighted by molar-refractivity contribution is 6.30. The first-order chi connectivity index (χ1) is 9.22. The van der Waals surface area contributed by atoms with E-state index in [9.17, 15) is 9.50 Å². The first-order valence-electron chi connectivity index (χ1n) is 6.97. The molecule has 0 radical (unpaired) electrons. The normalized spacial score (nSPS) is 23.5. The van der Waals surface area contributed by atoms with E-state index < -0.39 is 0 Å². The van der Waals surface area contributed by atoms with Crippen molar-refractivity contribution in [3.8, 4) is 0 Å². The smallest absolute Gasteiger partial charge is 0.146 e. The second-order valence-electron chi connectivity index (χ2n) is 5.33. The van der Waals surface area contributed by atoms with Crippen molar-refractivity contribution in [2.45, 2.75) is 32.2 Å². The molecule has 2 atom stereocenters. The van der Waals surface area contributed by atoms with E-state index in [2.05, 4.69) is 5.32 Å². The molecule has 1 saturated carbocycles. The number of halogens is 2. The van der Waals surface area contributed by atoms with Crippen LogP contribution in [0, 0.1) is 17.7 Å². The predicted molar refractivity (Wildman–Crippen MR) is 75.7 cm³/mol. The fourth-order valence-electron chi connectivity index (χ4n) is 2.87. The van der Waals surface area contributed by atoms with E-state index in [0.29, 0.717) is 23.9 Å². The van der Waals surface area contributed by atoms with E-state index in [1.807, 2.05) is 0 Å². The third-order valence-corrected chi connectivity index (χ3v) is 4.35. The molecule has 1 aliphatic rings. The van der Waals surface area contributed by atoms with Crippen LogP contribution in [0.3, 0.4) is 0 Å². The zero-order chi connectivity index (χ0) is 13.7. The summed E-state index contributed by atoms with van der Waals surface area (Å²) in [5.74, 6) is 0.561. The first kappa shape index (κ1) is 14.8. The third kappa shape index (κ3) is 3.91. The maximum absolute atomic E-state index is 13.7. The first-order valence-corrected chi connectivity index (χ1v) is 7.34. The molecule has 0 spiro atoms. The molecule has 0 heterocycles. The molecule has 0 aliphatic heterocycles. The molecule has 0 amide bonds. The lowest BCUT2D eigenvalue weighted by atomic mass is 9.79. The summed E-state index contributed by atoms with van der Waals surface area (Å²) in [5.41, 5.74) is 0.601. The van der Waals surface area contributed by atoms with Gasteiger partial charge in [-0.3, -0.25) is 0 Å². The lowest BCUT2D eigenvalue weighted by Gasteiger charge is -2.30. The standard InChI is InChI=1S/C15H21ClFNO/c16-14-7-3-6-12(15(14)17)9-18-8-11-4-1-2-5-13(11)10-19/h3,6-7,11,13,18-19H,1-2,4-5,8-10H2. The van der Waals surface area contributed by atoms with Crippen LogP contribution in [0.25, 0.3) is 0 Å². The minimum absolute atomic E-state index is 0.171. The van der Waals surface area contributed by atoms with Gasteiger partial charge >= 0.3 is 0 Å². The number of aliphatic hydroxyl groups excluding tert-OH is 1. The number of benzene rings is 1. The monoisotopic (exact) mass is 285 g/mol. The highest BCUT2D eigenvalue weighted by Gasteiger charge is 2.23. The van der Waals surface area contributed by atoms with Crippen molar-refractivity contribution in [2.24, 2.45) is 11.8 Å². The second-order valence-corrected chi connectivity index (χ2v) is 5.74. The van der Waals surface area contributed by atoms with Gasteiger partial charge in [-0.1, -0.05) is 36.6 Å². The Morgan fingerprint density at radius 3 is 2.74 bits per heavy atom. The molecular weight excluding hydrogens is 265 g/mol. The second kappa shape index (κ2) is 7.22. The molecular formula is C15H21ClFNO. The van der Waals surface area contributed by atoms with Crippen molar-refractivity contribution in [1.82, 2.24) is 5.32 Å². The van der Waals surface area contributed by atoms with E-state index in [1.165, 1.54) is 12.8 Å². The largest absolute Gasteiger partial charge is 0.396 e. The lowest BCUT2D eigenvalue weighted by molar-refractivity contribution is 0.133. The van der Waals surface area contributed by atoms with Crippen molar-refractivity contribution < 1.29 is 9.50 Å². The SMILES string of the molecule is OCC1CCCCC1CNCc1cccc(Cl)c1F. The van der Waals surface area contributed by atoms with Gasteiger partial charge in [-0.15, -0.1) is 0 Å². The molecule has 2 nitrogen and oxygen atoms in total. The van der Waals surface area contributed by atoms with Crippen LogP contribution >= 0.6 is 11.6 Å². The Labute approximate surface area is 119 Å². The van der Waals surface area contributed by atoms with Gasteiger partial charge < -0.3 is 10.4 Å². The van der Waals surface area contributed by atoms with Gasteiger partial charge in [0, 0.05) is 18.7 Å². The van der Waals surface area contributed by atoms with Crippen LogP contribution in [0.5, 0.6) is 0 Å². The third-order valence-electron chi connectivity index (χ3n) is 4.05. The van der Waals surface area contributed by atoms with Crippen molar-refractivity contribution in [1.29, 1.82) is 0 Å². The number of aliphatic hydroxyl groups is 1. The van der Waals surface area contributed by atoms with Crippen LogP contribution in [-0.2, 0) is 6.54 Å². The van der Waals surface area contributed by atoms with Gasteiger partial charge in [0.25, 0.3) is 0 Å². The number of hydrogen-bond donors (Lipinski definition) is 2. The van der Waals surface area contributed by atoms with Crippen molar-refractivity contribution >= 4 is 11.6 Å². The van der Waals surface area contributed by atoms with Crippen LogP contribution in [0.15, 0.2) is 18.2 Å². The Morgan fingerprint density at radius 1 is 1.26 bits per heavy atom. The Balaban J connectivity index is 1.84. The van der Waals surface area contributed by atoms with Gasteiger partial charge in [-0.05, 0) is 37.3 Å². The van der Waals surface area contributed by atoms with E-state index in [4.69, 9.17) is 11.6 Å². The molecule has 1 aliphatic carbocycles. The van der Waals surface area contributed by atoms with Gasteiger partial charge in [0.1, 0.15) is 5.82 Å². The molecule has 4 heteroatoms. The minimum atomic E-state index is -0.334. The molecule has 0 bridgehead atoms. The number of nitrogens with one attached hydrogen (secondary N) is 1. The molecule has 2 N–H and O–H groups in total. The maximum Gasteiger partial charge on any atom is 0.146 e. The molecule has 2 rings (SSSR count). The summed E-state index contributed by atoms with van der Waals surface area (Å²) in [6.07, 6.45) is 4.70. The van der Waals surface area contributed by atoms with E-state index in [-0.39, 0.29) is 17.4 Å². The van der Waals surface area contributed by atoms with E-state index in [0.717, 1.165) is 19.4 Å². The summed E-state index contributed by atoms with van der Waals surface area (Å²) >= 11 is 5.75. The Hall–Kier alpha value is -0.640. The van der Waals surface area contributed by atoms with E-state index in [1.54, 1.807) is 18.2 Å². The average Bonchev–Trinajstić information content (AvgIpc) is 2.44. The lowest BCUT2D eigenvalue weighted by Crippen LogP contribution is -2.32. The van der Waals surface area contributed by atoms with Crippen molar-refractivity contribution in [2.75, 3.05) is 13.2 Å². The van der Waals surface area contributed by atoms with Gasteiger partial charge in [0.05, 0.1) is 5.02 Å². The molecule has 0 saturated heterocycles. The molecule has 0 aromatic heterocycles. The van der Waals surface area contributed by atoms with Crippen molar-refractivity contribution in [3.63, 3.8) is 0 Å². The molecule has 1 aromatic rings. The van der Waals surface area contributed by atoms with Crippen LogP contribution in [0.1, 0.15) is 31.2 Å².